The Morgan fingerprint density at radius 2 is 2.16 bits per heavy atom. The van der Waals surface area contributed by atoms with E-state index in [0.717, 1.165) is 22.9 Å². The third-order valence-electron chi connectivity index (χ3n) is 3.63. The normalized spacial score (nSPS) is 12.5. The van der Waals surface area contributed by atoms with E-state index in [1.807, 2.05) is 19.1 Å². The number of hydrogen-bond acceptors (Lipinski definition) is 6. The predicted molar refractivity (Wildman–Crippen MR) is 95.8 cm³/mol. The summed E-state index contributed by atoms with van der Waals surface area (Å²) in [6.07, 6.45) is 0.895. The zero-order chi connectivity index (χ0) is 17.8. The number of carbonyl (C=O) groups excluding carboxylic acids is 1. The van der Waals surface area contributed by atoms with E-state index < -0.39 is 0 Å². The van der Waals surface area contributed by atoms with Crippen LogP contribution in [0.1, 0.15) is 34.2 Å². The number of nitrogens with zero attached hydrogens (tertiary/aromatic N) is 1. The van der Waals surface area contributed by atoms with Crippen LogP contribution in [0.25, 0.3) is 0 Å². The molecular formula is C18H22N2O4S. The zero-order valence-corrected chi connectivity index (χ0v) is 15.4. The van der Waals surface area contributed by atoms with E-state index in [4.69, 9.17) is 14.2 Å². The number of benzene rings is 1. The summed E-state index contributed by atoms with van der Waals surface area (Å²) in [5.74, 6) is 2.51. The van der Waals surface area contributed by atoms with Crippen LogP contribution < -0.4 is 19.5 Å². The Hall–Kier alpha value is -2.28. The molecule has 0 aliphatic carbocycles. The quantitative estimate of drug-likeness (QED) is 0.766. The highest BCUT2D eigenvalue weighted by Gasteiger charge is 2.16. The average Bonchev–Trinajstić information content (AvgIpc) is 3.16. The summed E-state index contributed by atoms with van der Waals surface area (Å²) in [6, 6.07) is 5.42. The van der Waals surface area contributed by atoms with Crippen molar-refractivity contribution in [3.8, 4) is 17.2 Å². The van der Waals surface area contributed by atoms with Gasteiger partial charge in [-0.25, -0.2) is 4.98 Å². The number of thiazole rings is 1. The number of nitrogens with one attached hydrogen (secondary N) is 1. The number of aromatic nitrogens is 1. The van der Waals surface area contributed by atoms with E-state index >= 15 is 0 Å². The monoisotopic (exact) mass is 362 g/mol. The third kappa shape index (κ3) is 4.42. The maximum Gasteiger partial charge on any atom is 0.263 e. The Labute approximate surface area is 151 Å². The summed E-state index contributed by atoms with van der Waals surface area (Å²) in [5.41, 5.74) is 0.787. The maximum atomic E-state index is 12.3. The highest BCUT2D eigenvalue weighted by Crippen LogP contribution is 2.35. The average molecular weight is 362 g/mol. The summed E-state index contributed by atoms with van der Waals surface area (Å²) < 4.78 is 16.2. The van der Waals surface area contributed by atoms with Crippen LogP contribution in [0.5, 0.6) is 17.2 Å². The van der Waals surface area contributed by atoms with Crippen molar-refractivity contribution in [3.63, 3.8) is 0 Å². The SMILES string of the molecule is Cc1nc(CC(C)C)sc1C(=O)NCCOc1ccc2c(c1)OCO2. The van der Waals surface area contributed by atoms with Gasteiger partial charge in [-0.3, -0.25) is 4.79 Å². The molecule has 1 aliphatic rings. The zero-order valence-electron chi connectivity index (χ0n) is 14.6. The maximum absolute atomic E-state index is 12.3. The lowest BCUT2D eigenvalue weighted by Gasteiger charge is -2.08. The molecule has 0 spiro atoms. The molecule has 2 heterocycles. The summed E-state index contributed by atoms with van der Waals surface area (Å²) in [5, 5.41) is 3.89. The molecular weight excluding hydrogens is 340 g/mol. The number of aryl methyl sites for hydroxylation is 1. The van der Waals surface area contributed by atoms with Crippen molar-refractivity contribution < 1.29 is 19.0 Å². The molecule has 25 heavy (non-hydrogen) atoms. The van der Waals surface area contributed by atoms with Gasteiger partial charge >= 0.3 is 0 Å². The molecule has 6 nitrogen and oxygen atoms in total. The molecule has 7 heteroatoms. The fraction of sp³-hybridized carbons (Fsp3) is 0.444. The largest absolute Gasteiger partial charge is 0.492 e. The second kappa shape index (κ2) is 7.74. The van der Waals surface area contributed by atoms with Crippen LogP contribution in [-0.2, 0) is 6.42 Å². The van der Waals surface area contributed by atoms with E-state index in [-0.39, 0.29) is 12.7 Å². The summed E-state index contributed by atoms with van der Waals surface area (Å²) in [6.45, 7) is 7.19. The van der Waals surface area contributed by atoms with Crippen LogP contribution in [0.15, 0.2) is 18.2 Å². The van der Waals surface area contributed by atoms with Gasteiger partial charge in [-0.2, -0.15) is 0 Å². The summed E-state index contributed by atoms with van der Waals surface area (Å²) in [4.78, 5) is 17.5. The minimum absolute atomic E-state index is 0.0979. The van der Waals surface area contributed by atoms with Crippen LogP contribution >= 0.6 is 11.3 Å². The van der Waals surface area contributed by atoms with Crippen molar-refractivity contribution in [2.45, 2.75) is 27.2 Å². The predicted octanol–water partition coefficient (Wildman–Crippen LogP) is 3.19. The topological polar surface area (TPSA) is 69.7 Å². The number of fused-ring (bicyclic) bond motifs is 1. The standard InChI is InChI=1S/C18H22N2O4S/c1-11(2)8-16-20-12(3)17(25-16)18(21)19-6-7-22-13-4-5-14-15(9-13)24-10-23-14/h4-5,9,11H,6-8,10H2,1-3H3,(H,19,21). The Kier molecular flexibility index (Phi) is 5.43. The molecule has 1 N–H and O–H groups in total. The lowest BCUT2D eigenvalue weighted by atomic mass is 10.1. The number of carbonyl (C=O) groups is 1. The smallest absolute Gasteiger partial charge is 0.263 e. The van der Waals surface area contributed by atoms with Crippen molar-refractivity contribution >= 4 is 17.2 Å². The first-order valence-electron chi connectivity index (χ1n) is 8.30. The Morgan fingerprint density at radius 3 is 2.96 bits per heavy atom. The van der Waals surface area contributed by atoms with Crippen LogP contribution in [-0.4, -0.2) is 30.8 Å². The molecule has 1 aromatic heterocycles. The molecule has 0 saturated carbocycles. The van der Waals surface area contributed by atoms with Gasteiger partial charge in [0.25, 0.3) is 5.91 Å². The van der Waals surface area contributed by atoms with Gasteiger partial charge in [-0.1, -0.05) is 13.8 Å². The van der Waals surface area contributed by atoms with E-state index in [2.05, 4.69) is 24.1 Å². The van der Waals surface area contributed by atoms with Crippen molar-refractivity contribution in [2.24, 2.45) is 5.92 Å². The van der Waals surface area contributed by atoms with Crippen LogP contribution in [0.4, 0.5) is 0 Å². The molecule has 0 unspecified atom stereocenters. The van der Waals surface area contributed by atoms with Crippen LogP contribution in [0, 0.1) is 12.8 Å². The lowest BCUT2D eigenvalue weighted by Crippen LogP contribution is -2.27. The molecule has 134 valence electrons. The van der Waals surface area contributed by atoms with Crippen LogP contribution in [0.2, 0.25) is 0 Å². The molecule has 0 radical (unpaired) electrons. The minimum Gasteiger partial charge on any atom is -0.492 e. The van der Waals surface area contributed by atoms with Crippen molar-refractivity contribution in [1.29, 1.82) is 0 Å². The fourth-order valence-corrected chi connectivity index (χ4v) is 3.67. The molecule has 1 aliphatic heterocycles. The van der Waals surface area contributed by atoms with E-state index in [9.17, 15) is 4.79 Å². The van der Waals surface area contributed by atoms with E-state index in [1.165, 1.54) is 11.3 Å². The van der Waals surface area contributed by atoms with Crippen molar-refractivity contribution in [1.82, 2.24) is 10.3 Å². The molecule has 0 atom stereocenters. The van der Waals surface area contributed by atoms with Gasteiger partial charge in [0.2, 0.25) is 6.79 Å². The highest BCUT2D eigenvalue weighted by molar-refractivity contribution is 7.13. The van der Waals surface area contributed by atoms with Gasteiger partial charge in [0.1, 0.15) is 17.2 Å². The van der Waals surface area contributed by atoms with Crippen molar-refractivity contribution in [3.05, 3.63) is 33.8 Å². The molecule has 1 amide bonds. The number of rotatable bonds is 7. The van der Waals surface area contributed by atoms with Gasteiger partial charge in [-0.05, 0) is 25.0 Å². The first-order chi connectivity index (χ1) is 12.0. The molecule has 0 fully saturated rings. The number of ether oxygens (including phenoxy) is 3. The van der Waals surface area contributed by atoms with Crippen molar-refractivity contribution in [2.75, 3.05) is 19.9 Å². The molecule has 1 aromatic carbocycles. The summed E-state index contributed by atoms with van der Waals surface area (Å²) in [7, 11) is 0. The number of hydrogen-bond donors (Lipinski definition) is 1. The summed E-state index contributed by atoms with van der Waals surface area (Å²) >= 11 is 1.47. The highest BCUT2D eigenvalue weighted by atomic mass is 32.1. The molecule has 0 bridgehead atoms. The van der Waals surface area contributed by atoms with Crippen LogP contribution in [0.3, 0.4) is 0 Å². The third-order valence-corrected chi connectivity index (χ3v) is 4.81. The Morgan fingerprint density at radius 1 is 1.36 bits per heavy atom. The minimum atomic E-state index is -0.0979. The molecule has 0 saturated heterocycles. The first-order valence-corrected chi connectivity index (χ1v) is 9.11. The second-order valence-corrected chi connectivity index (χ2v) is 7.32. The Balaban J connectivity index is 1.47. The molecule has 3 rings (SSSR count). The van der Waals surface area contributed by atoms with E-state index in [0.29, 0.717) is 35.4 Å². The van der Waals surface area contributed by atoms with Gasteiger partial charge in [0, 0.05) is 12.5 Å². The number of amides is 1. The van der Waals surface area contributed by atoms with Gasteiger partial charge < -0.3 is 19.5 Å². The lowest BCUT2D eigenvalue weighted by molar-refractivity contribution is 0.0950. The molecule has 2 aromatic rings. The Bertz CT molecular complexity index is 758. The van der Waals surface area contributed by atoms with Gasteiger partial charge in [-0.15, -0.1) is 11.3 Å². The van der Waals surface area contributed by atoms with E-state index in [1.54, 1.807) is 6.07 Å². The van der Waals surface area contributed by atoms with Gasteiger partial charge in [0.15, 0.2) is 11.5 Å². The first kappa shape index (κ1) is 17.5. The van der Waals surface area contributed by atoms with Gasteiger partial charge in [0.05, 0.1) is 17.2 Å². The fourth-order valence-electron chi connectivity index (χ4n) is 2.48. The second-order valence-electron chi connectivity index (χ2n) is 6.24.